The van der Waals surface area contributed by atoms with Gasteiger partial charge < -0.3 is 42.9 Å². The topological polar surface area (TPSA) is 226 Å². The van der Waals surface area contributed by atoms with E-state index < -0.39 is 54.0 Å². The molecule has 0 bridgehead atoms. The second-order valence-electron chi connectivity index (χ2n) is 8.68. The number of carboxylic acid groups (broad SMARTS) is 1. The highest BCUT2D eigenvalue weighted by Gasteiger charge is 2.39. The molecule has 6 unspecified atom stereocenters. The number of rotatable bonds is 13. The lowest BCUT2D eigenvalue weighted by molar-refractivity contribution is -0.147. The third-order valence-corrected chi connectivity index (χ3v) is 6.00. The van der Waals surface area contributed by atoms with E-state index in [0.717, 1.165) is 0 Å². The van der Waals surface area contributed by atoms with Gasteiger partial charge in [0.25, 0.3) is 0 Å². The Kier molecular flexibility index (Phi) is 11.7. The van der Waals surface area contributed by atoms with Crippen LogP contribution in [0.25, 0.3) is 0 Å². The van der Waals surface area contributed by atoms with Gasteiger partial charge in [-0.25, -0.2) is 4.79 Å². The minimum Gasteiger partial charge on any atom is -0.480 e. The predicted molar refractivity (Wildman–Crippen MR) is 125 cm³/mol. The van der Waals surface area contributed by atoms with E-state index in [1.807, 2.05) is 13.8 Å². The van der Waals surface area contributed by atoms with E-state index in [-0.39, 0.29) is 31.4 Å². The number of likely N-dealkylation sites (tertiary alicyclic amines) is 1. The summed E-state index contributed by atoms with van der Waals surface area (Å²) in [6.07, 6.45) is 0.810. The molecule has 1 aliphatic heterocycles. The molecule has 0 spiro atoms. The van der Waals surface area contributed by atoms with Crippen LogP contribution >= 0.6 is 0 Å². The summed E-state index contributed by atoms with van der Waals surface area (Å²) in [6.45, 7) is 5.50. The van der Waals surface area contributed by atoms with E-state index in [1.165, 1.54) is 11.8 Å². The third-order valence-electron chi connectivity index (χ3n) is 6.00. The average Bonchev–Trinajstić information content (AvgIpc) is 3.26. The molecule has 0 aromatic carbocycles. The Morgan fingerprint density at radius 1 is 1.18 bits per heavy atom. The average molecular weight is 486 g/mol. The first-order valence-corrected chi connectivity index (χ1v) is 11.5. The van der Waals surface area contributed by atoms with Crippen LogP contribution in [-0.4, -0.2) is 88.1 Å². The Balaban J connectivity index is 3.01. The van der Waals surface area contributed by atoms with Crippen molar-refractivity contribution >= 4 is 29.7 Å². The van der Waals surface area contributed by atoms with Crippen molar-refractivity contribution in [3.8, 4) is 0 Å². The minimum atomic E-state index is -1.51. The van der Waals surface area contributed by atoms with Crippen molar-refractivity contribution in [2.24, 2.45) is 28.1 Å². The number of carboxylic acids is 1. The van der Waals surface area contributed by atoms with Crippen LogP contribution < -0.4 is 27.8 Å². The van der Waals surface area contributed by atoms with Gasteiger partial charge in [-0.2, -0.15) is 0 Å². The number of nitrogens with one attached hydrogen (secondary N) is 2. The first kappa shape index (κ1) is 29.1. The predicted octanol–water partition coefficient (Wildman–Crippen LogP) is -2.16. The zero-order chi connectivity index (χ0) is 26.0. The number of aliphatic hydroxyl groups is 1. The lowest BCUT2D eigenvalue weighted by atomic mass is 9.98. The number of guanidine groups is 1. The molecule has 194 valence electrons. The molecule has 0 aromatic heterocycles. The summed E-state index contributed by atoms with van der Waals surface area (Å²) in [5, 5.41) is 23.9. The van der Waals surface area contributed by atoms with Crippen molar-refractivity contribution in [3.63, 3.8) is 0 Å². The van der Waals surface area contributed by atoms with Crippen LogP contribution in [0, 0.1) is 5.92 Å². The lowest BCUT2D eigenvalue weighted by Crippen LogP contribution is -2.58. The summed E-state index contributed by atoms with van der Waals surface area (Å²) < 4.78 is 0. The standard InChI is InChI=1S/C21H39N7O6/c1-4-11(2)15(22)18(31)26-13(7-5-9-25-21(23)24)19(32)28-10-6-8-14(28)17(30)27-16(12(3)29)20(33)34/h11-16,29H,4-10,22H2,1-3H3,(H,26,31)(H,27,30)(H,33,34)(H4,23,24,25). The van der Waals surface area contributed by atoms with E-state index >= 15 is 0 Å². The third kappa shape index (κ3) is 8.45. The molecule has 1 fully saturated rings. The number of aliphatic carboxylic acids is 1. The molecule has 3 amide bonds. The number of carbonyl (C=O) groups excluding carboxylic acids is 3. The van der Waals surface area contributed by atoms with Crippen molar-refractivity contribution in [1.29, 1.82) is 0 Å². The van der Waals surface area contributed by atoms with Gasteiger partial charge in [-0.15, -0.1) is 0 Å². The maximum atomic E-state index is 13.4. The molecule has 10 N–H and O–H groups in total. The van der Waals surface area contributed by atoms with Gasteiger partial charge in [-0.3, -0.25) is 19.4 Å². The van der Waals surface area contributed by atoms with Crippen LogP contribution in [0.2, 0.25) is 0 Å². The summed E-state index contributed by atoms with van der Waals surface area (Å²) >= 11 is 0. The highest BCUT2D eigenvalue weighted by atomic mass is 16.4. The van der Waals surface area contributed by atoms with Crippen molar-refractivity contribution in [1.82, 2.24) is 15.5 Å². The fourth-order valence-corrected chi connectivity index (χ4v) is 3.68. The van der Waals surface area contributed by atoms with E-state index in [4.69, 9.17) is 17.2 Å². The van der Waals surface area contributed by atoms with Crippen LogP contribution in [0.15, 0.2) is 4.99 Å². The highest BCUT2D eigenvalue weighted by molar-refractivity contribution is 5.94. The van der Waals surface area contributed by atoms with E-state index in [0.29, 0.717) is 25.7 Å². The number of nitrogens with zero attached hydrogens (tertiary/aromatic N) is 2. The zero-order valence-electron chi connectivity index (χ0n) is 20.1. The number of amides is 3. The van der Waals surface area contributed by atoms with Crippen molar-refractivity contribution in [2.45, 2.75) is 83.1 Å². The lowest BCUT2D eigenvalue weighted by Gasteiger charge is -2.30. The number of carbonyl (C=O) groups is 4. The Morgan fingerprint density at radius 2 is 1.82 bits per heavy atom. The van der Waals surface area contributed by atoms with Gasteiger partial charge in [0.15, 0.2) is 12.0 Å². The molecular formula is C21H39N7O6. The van der Waals surface area contributed by atoms with Gasteiger partial charge in [0.2, 0.25) is 17.7 Å². The molecule has 13 nitrogen and oxygen atoms in total. The molecule has 13 heteroatoms. The van der Waals surface area contributed by atoms with Crippen LogP contribution in [-0.2, 0) is 19.2 Å². The first-order valence-electron chi connectivity index (χ1n) is 11.5. The number of aliphatic imine (C=N–C) groups is 1. The molecule has 1 saturated heterocycles. The summed E-state index contributed by atoms with van der Waals surface area (Å²) in [6, 6.07) is -4.20. The molecule has 0 aromatic rings. The van der Waals surface area contributed by atoms with E-state index in [2.05, 4.69) is 15.6 Å². The van der Waals surface area contributed by atoms with Crippen LogP contribution in [0.4, 0.5) is 0 Å². The molecule has 34 heavy (non-hydrogen) atoms. The quantitative estimate of drug-likeness (QED) is 0.0854. The molecular weight excluding hydrogens is 446 g/mol. The van der Waals surface area contributed by atoms with Gasteiger partial charge in [-0.1, -0.05) is 20.3 Å². The molecule has 0 radical (unpaired) electrons. The largest absolute Gasteiger partial charge is 0.480 e. The van der Waals surface area contributed by atoms with Crippen molar-refractivity contribution in [3.05, 3.63) is 0 Å². The number of aliphatic hydroxyl groups excluding tert-OH is 1. The summed E-state index contributed by atoms with van der Waals surface area (Å²) in [5.74, 6) is -3.21. The van der Waals surface area contributed by atoms with Gasteiger partial charge in [0.05, 0.1) is 12.1 Å². The number of hydrogen-bond acceptors (Lipinski definition) is 7. The van der Waals surface area contributed by atoms with Crippen molar-refractivity contribution < 1.29 is 29.4 Å². The van der Waals surface area contributed by atoms with Crippen LogP contribution in [0.3, 0.4) is 0 Å². The minimum absolute atomic E-state index is 0.0897. The van der Waals surface area contributed by atoms with Gasteiger partial charge >= 0.3 is 5.97 Å². The van der Waals surface area contributed by atoms with Gasteiger partial charge in [0.1, 0.15) is 12.1 Å². The second-order valence-corrected chi connectivity index (χ2v) is 8.68. The van der Waals surface area contributed by atoms with Gasteiger partial charge in [-0.05, 0) is 38.5 Å². The number of hydrogen-bond donors (Lipinski definition) is 7. The summed E-state index contributed by atoms with van der Waals surface area (Å²) in [5.41, 5.74) is 16.7. The maximum absolute atomic E-state index is 13.4. The summed E-state index contributed by atoms with van der Waals surface area (Å²) in [4.78, 5) is 55.4. The molecule has 1 rings (SSSR count). The monoisotopic (exact) mass is 485 g/mol. The van der Waals surface area contributed by atoms with Crippen LogP contribution in [0.1, 0.15) is 52.9 Å². The zero-order valence-corrected chi connectivity index (χ0v) is 20.1. The Bertz CT molecular complexity index is 756. The van der Waals surface area contributed by atoms with Gasteiger partial charge in [0, 0.05) is 13.1 Å². The molecule has 0 aliphatic carbocycles. The summed E-state index contributed by atoms with van der Waals surface area (Å²) in [7, 11) is 0. The molecule has 6 atom stereocenters. The highest BCUT2D eigenvalue weighted by Crippen LogP contribution is 2.20. The second kappa shape index (κ2) is 13.7. The molecule has 1 heterocycles. The smallest absolute Gasteiger partial charge is 0.328 e. The fraction of sp³-hybridized carbons (Fsp3) is 0.762. The van der Waals surface area contributed by atoms with E-state index in [9.17, 15) is 29.4 Å². The Hall–Kier alpha value is -2.93. The Labute approximate surface area is 199 Å². The normalized spacial score (nSPS) is 19.9. The Morgan fingerprint density at radius 3 is 2.35 bits per heavy atom. The fourth-order valence-electron chi connectivity index (χ4n) is 3.68. The van der Waals surface area contributed by atoms with Crippen LogP contribution in [0.5, 0.6) is 0 Å². The number of nitrogens with two attached hydrogens (primary N) is 3. The molecule has 0 saturated carbocycles. The first-order chi connectivity index (χ1) is 15.9. The van der Waals surface area contributed by atoms with E-state index in [1.54, 1.807) is 0 Å². The molecule has 1 aliphatic rings. The van der Waals surface area contributed by atoms with Crippen molar-refractivity contribution in [2.75, 3.05) is 13.1 Å². The maximum Gasteiger partial charge on any atom is 0.328 e. The SMILES string of the molecule is CCC(C)C(N)C(=O)NC(CCCN=C(N)N)C(=O)N1CCCC1C(=O)NC(C(=O)O)C(C)O.